The van der Waals surface area contributed by atoms with Crippen molar-refractivity contribution < 1.29 is 19.1 Å². The molecular weight excluding hydrogens is 307 g/mol. The number of amides is 1. The van der Waals surface area contributed by atoms with E-state index in [0.29, 0.717) is 10.2 Å². The Bertz CT molecular complexity index is 468. The van der Waals surface area contributed by atoms with E-state index in [0.717, 1.165) is 0 Å². The minimum absolute atomic E-state index is 0.0318. The first-order chi connectivity index (χ1) is 8.40. The number of hydrogen-bond donors (Lipinski definition) is 3. The number of hydrogen-bond acceptors (Lipinski definition) is 3. The van der Waals surface area contributed by atoms with Crippen LogP contribution in [0.25, 0.3) is 0 Å². The lowest BCUT2D eigenvalue weighted by Crippen LogP contribution is -2.44. The fourth-order valence-electron chi connectivity index (χ4n) is 1.27. The smallest absolute Gasteiger partial charge is 0.328 e. The molecule has 0 bridgehead atoms. The molecule has 0 spiro atoms. The number of benzene rings is 1. The van der Waals surface area contributed by atoms with E-state index >= 15 is 0 Å². The Kier molecular flexibility index (Phi) is 5.08. The van der Waals surface area contributed by atoms with Gasteiger partial charge in [0.15, 0.2) is 0 Å². The van der Waals surface area contributed by atoms with Crippen LogP contribution in [0.1, 0.15) is 6.92 Å². The number of carboxylic acids is 1. The van der Waals surface area contributed by atoms with Crippen molar-refractivity contribution in [1.82, 2.24) is 5.32 Å². The Morgan fingerprint density at radius 2 is 2.17 bits per heavy atom. The quantitative estimate of drug-likeness (QED) is 0.770. The molecular formula is C11H12BrFN2O3. The van der Waals surface area contributed by atoms with Crippen LogP contribution in [0.15, 0.2) is 22.7 Å². The summed E-state index contributed by atoms with van der Waals surface area (Å²) in [5, 5.41) is 13.9. The summed E-state index contributed by atoms with van der Waals surface area (Å²) in [7, 11) is 0. The first kappa shape index (κ1) is 14.4. The van der Waals surface area contributed by atoms with E-state index in [1.54, 1.807) is 6.07 Å². The van der Waals surface area contributed by atoms with E-state index in [-0.39, 0.29) is 6.54 Å². The summed E-state index contributed by atoms with van der Waals surface area (Å²) in [5.41, 5.74) is 0.437. The van der Waals surface area contributed by atoms with E-state index in [9.17, 15) is 14.0 Å². The molecule has 0 aromatic heterocycles. The minimum Gasteiger partial charge on any atom is -0.480 e. The topological polar surface area (TPSA) is 78.4 Å². The van der Waals surface area contributed by atoms with E-state index in [2.05, 4.69) is 26.6 Å². The maximum absolute atomic E-state index is 13.2. The van der Waals surface area contributed by atoms with Gasteiger partial charge in [-0.2, -0.15) is 0 Å². The van der Waals surface area contributed by atoms with Gasteiger partial charge >= 0.3 is 5.97 Å². The van der Waals surface area contributed by atoms with Gasteiger partial charge in [0.1, 0.15) is 11.9 Å². The molecule has 0 saturated heterocycles. The molecule has 0 aliphatic heterocycles. The molecule has 0 heterocycles. The van der Waals surface area contributed by atoms with Crippen molar-refractivity contribution in [3.05, 3.63) is 28.5 Å². The maximum Gasteiger partial charge on any atom is 0.328 e. The van der Waals surface area contributed by atoms with Crippen LogP contribution in [0.4, 0.5) is 10.1 Å². The summed E-state index contributed by atoms with van der Waals surface area (Å²) < 4.78 is 13.5. The Hall–Kier alpha value is -1.63. The number of carboxylic acid groups (broad SMARTS) is 1. The van der Waals surface area contributed by atoms with Crippen LogP contribution in [-0.4, -0.2) is 29.6 Å². The molecule has 1 aromatic carbocycles. The Balaban J connectivity index is 2.64. The molecule has 7 heteroatoms. The summed E-state index contributed by atoms with van der Waals surface area (Å²) in [4.78, 5) is 21.6. The zero-order valence-electron chi connectivity index (χ0n) is 9.54. The van der Waals surface area contributed by atoms with Crippen molar-refractivity contribution >= 4 is 33.5 Å². The SMILES string of the molecule is CC(=O)NC(CNc1ccc(Br)c(F)c1)C(=O)O. The zero-order chi connectivity index (χ0) is 13.7. The van der Waals surface area contributed by atoms with Gasteiger partial charge < -0.3 is 15.7 Å². The number of anilines is 1. The van der Waals surface area contributed by atoms with Crippen LogP contribution < -0.4 is 10.6 Å². The third-order valence-corrected chi connectivity index (χ3v) is 2.75. The van der Waals surface area contributed by atoms with E-state index < -0.39 is 23.7 Å². The molecule has 0 aliphatic rings. The van der Waals surface area contributed by atoms with Crippen molar-refractivity contribution in [2.45, 2.75) is 13.0 Å². The van der Waals surface area contributed by atoms with Gasteiger partial charge in [-0.3, -0.25) is 4.79 Å². The molecule has 0 fully saturated rings. The lowest BCUT2D eigenvalue weighted by Gasteiger charge is -2.15. The van der Waals surface area contributed by atoms with E-state index in [1.807, 2.05) is 0 Å². The molecule has 0 aliphatic carbocycles. The van der Waals surface area contributed by atoms with Crippen molar-refractivity contribution in [2.24, 2.45) is 0 Å². The average Bonchev–Trinajstić information content (AvgIpc) is 2.28. The predicted octanol–water partition coefficient (Wildman–Crippen LogP) is 1.59. The fourth-order valence-corrected chi connectivity index (χ4v) is 1.52. The maximum atomic E-state index is 13.2. The molecule has 1 atom stereocenters. The van der Waals surface area contributed by atoms with Crippen LogP contribution in [-0.2, 0) is 9.59 Å². The van der Waals surface area contributed by atoms with Gasteiger partial charge in [0.25, 0.3) is 0 Å². The highest BCUT2D eigenvalue weighted by Gasteiger charge is 2.17. The molecule has 3 N–H and O–H groups in total. The highest BCUT2D eigenvalue weighted by Crippen LogP contribution is 2.19. The van der Waals surface area contributed by atoms with Gasteiger partial charge in [-0.1, -0.05) is 0 Å². The van der Waals surface area contributed by atoms with Crippen molar-refractivity contribution in [3.8, 4) is 0 Å². The average molecular weight is 319 g/mol. The molecule has 5 nitrogen and oxygen atoms in total. The van der Waals surface area contributed by atoms with Gasteiger partial charge in [-0.05, 0) is 34.1 Å². The number of nitrogens with one attached hydrogen (secondary N) is 2. The Morgan fingerprint density at radius 1 is 1.50 bits per heavy atom. The normalized spacial score (nSPS) is 11.7. The van der Waals surface area contributed by atoms with Crippen molar-refractivity contribution in [1.29, 1.82) is 0 Å². The zero-order valence-corrected chi connectivity index (χ0v) is 11.1. The van der Waals surface area contributed by atoms with Crippen molar-refractivity contribution in [2.75, 3.05) is 11.9 Å². The second-order valence-corrected chi connectivity index (χ2v) is 4.46. The van der Waals surface area contributed by atoms with Gasteiger partial charge in [0, 0.05) is 19.2 Å². The molecule has 1 rings (SSSR count). The fraction of sp³-hybridized carbons (Fsp3) is 0.273. The summed E-state index contributed by atoms with van der Waals surface area (Å²) in [5.74, 6) is -2.05. The molecule has 1 amide bonds. The highest BCUT2D eigenvalue weighted by molar-refractivity contribution is 9.10. The van der Waals surface area contributed by atoms with Gasteiger partial charge in [0.05, 0.1) is 4.47 Å². The number of halogens is 2. The van der Waals surface area contributed by atoms with Gasteiger partial charge in [0.2, 0.25) is 5.91 Å². The second-order valence-electron chi connectivity index (χ2n) is 3.60. The summed E-state index contributed by atoms with van der Waals surface area (Å²) in [6.07, 6.45) is 0. The lowest BCUT2D eigenvalue weighted by molar-refractivity contribution is -0.141. The number of carbonyl (C=O) groups is 2. The molecule has 0 saturated carbocycles. The molecule has 1 unspecified atom stereocenters. The monoisotopic (exact) mass is 318 g/mol. The lowest BCUT2D eigenvalue weighted by atomic mass is 10.2. The second kappa shape index (κ2) is 6.34. The van der Waals surface area contributed by atoms with Crippen LogP contribution in [0.3, 0.4) is 0 Å². The Morgan fingerprint density at radius 3 is 2.67 bits per heavy atom. The van der Waals surface area contributed by atoms with Crippen LogP contribution in [0.2, 0.25) is 0 Å². The molecule has 98 valence electrons. The van der Waals surface area contributed by atoms with Gasteiger partial charge in [-0.15, -0.1) is 0 Å². The van der Waals surface area contributed by atoms with Crippen molar-refractivity contribution in [3.63, 3.8) is 0 Å². The van der Waals surface area contributed by atoms with E-state index in [1.165, 1.54) is 19.1 Å². The molecule has 0 radical (unpaired) electrons. The summed E-state index contributed by atoms with van der Waals surface area (Å²) >= 11 is 3.01. The first-order valence-corrected chi connectivity index (χ1v) is 5.88. The third-order valence-electron chi connectivity index (χ3n) is 2.11. The molecule has 18 heavy (non-hydrogen) atoms. The standard InChI is InChI=1S/C11H12BrFN2O3/c1-6(16)15-10(11(17)18)5-14-7-2-3-8(12)9(13)4-7/h2-4,10,14H,5H2,1H3,(H,15,16)(H,17,18). The number of aliphatic carboxylic acids is 1. The Labute approximate surface area is 112 Å². The van der Waals surface area contributed by atoms with E-state index in [4.69, 9.17) is 5.11 Å². The van der Waals surface area contributed by atoms with Gasteiger partial charge in [-0.25, -0.2) is 9.18 Å². The summed E-state index contributed by atoms with van der Waals surface area (Å²) in [6.45, 7) is 1.20. The molecule has 1 aromatic rings. The van der Waals surface area contributed by atoms with Crippen LogP contribution >= 0.6 is 15.9 Å². The first-order valence-electron chi connectivity index (χ1n) is 5.09. The largest absolute Gasteiger partial charge is 0.480 e. The third kappa shape index (κ3) is 4.33. The number of carbonyl (C=O) groups excluding carboxylic acids is 1. The minimum atomic E-state index is -1.16. The highest BCUT2D eigenvalue weighted by atomic mass is 79.9. The predicted molar refractivity (Wildman–Crippen MR) is 67.8 cm³/mol. The number of rotatable bonds is 5. The summed E-state index contributed by atoms with van der Waals surface area (Å²) in [6, 6.07) is 3.27. The van der Waals surface area contributed by atoms with Crippen LogP contribution in [0.5, 0.6) is 0 Å². The van der Waals surface area contributed by atoms with Crippen LogP contribution in [0, 0.1) is 5.82 Å².